The zero-order valence-corrected chi connectivity index (χ0v) is 14.4. The molecule has 1 heterocycles. The van der Waals surface area contributed by atoms with E-state index in [1.165, 1.54) is 4.57 Å². The van der Waals surface area contributed by atoms with Crippen LogP contribution in [0, 0.1) is 0 Å². The first-order valence-corrected chi connectivity index (χ1v) is 8.48. The summed E-state index contributed by atoms with van der Waals surface area (Å²) >= 11 is 6.07. The lowest BCUT2D eigenvalue weighted by Gasteiger charge is -2.14. The van der Waals surface area contributed by atoms with Gasteiger partial charge >= 0.3 is 0 Å². The molecule has 0 aliphatic carbocycles. The lowest BCUT2D eigenvalue weighted by Crippen LogP contribution is -2.22. The van der Waals surface area contributed by atoms with Gasteiger partial charge in [-0.3, -0.25) is 9.36 Å². The summed E-state index contributed by atoms with van der Waals surface area (Å²) in [5, 5.41) is 0.912. The van der Waals surface area contributed by atoms with Crippen molar-refractivity contribution >= 4 is 22.5 Å². The molecule has 0 spiro atoms. The molecule has 0 bridgehead atoms. The van der Waals surface area contributed by atoms with Crippen molar-refractivity contribution in [3.05, 3.63) is 93.7 Å². The number of hydrogen-bond donors (Lipinski definition) is 0. The van der Waals surface area contributed by atoms with Gasteiger partial charge < -0.3 is 0 Å². The van der Waals surface area contributed by atoms with Crippen LogP contribution in [0.4, 0.5) is 4.39 Å². The molecule has 4 rings (SSSR count). The maximum atomic E-state index is 13.2. The SMILES string of the molecule is O=c1c2cc(Cl)ccc2nc(-c2ccccc2)n1-c1ccc(CF)cc1. The molecule has 3 aromatic carbocycles. The largest absolute Gasteiger partial charge is 0.268 e. The fourth-order valence-corrected chi connectivity index (χ4v) is 3.08. The smallest absolute Gasteiger partial charge is 0.266 e. The number of benzene rings is 3. The molecule has 0 saturated carbocycles. The molecule has 1 aromatic heterocycles. The van der Waals surface area contributed by atoms with Crippen molar-refractivity contribution in [2.75, 3.05) is 0 Å². The molecule has 0 saturated heterocycles. The molecule has 0 amide bonds. The van der Waals surface area contributed by atoms with Crippen LogP contribution in [0.15, 0.2) is 77.6 Å². The number of rotatable bonds is 3. The third-order valence-corrected chi connectivity index (χ3v) is 4.45. The van der Waals surface area contributed by atoms with Crippen molar-refractivity contribution in [1.82, 2.24) is 9.55 Å². The Balaban J connectivity index is 2.07. The van der Waals surface area contributed by atoms with Crippen molar-refractivity contribution in [2.24, 2.45) is 0 Å². The Labute approximate surface area is 154 Å². The van der Waals surface area contributed by atoms with Crippen LogP contribution in [0.2, 0.25) is 5.02 Å². The van der Waals surface area contributed by atoms with Crippen LogP contribution >= 0.6 is 11.6 Å². The zero-order valence-electron chi connectivity index (χ0n) is 13.7. The van der Waals surface area contributed by atoms with Crippen LogP contribution in [0.5, 0.6) is 0 Å². The number of nitrogens with zero attached hydrogens (tertiary/aromatic N) is 2. The molecule has 0 radical (unpaired) electrons. The summed E-state index contributed by atoms with van der Waals surface area (Å²) in [6, 6.07) is 21.3. The molecule has 3 nitrogen and oxygen atoms in total. The first kappa shape index (κ1) is 16.5. The number of alkyl halides is 1. The predicted octanol–water partition coefficient (Wildman–Crippen LogP) is 5.18. The third kappa shape index (κ3) is 2.89. The van der Waals surface area contributed by atoms with Gasteiger partial charge in [-0.15, -0.1) is 0 Å². The molecule has 0 fully saturated rings. The summed E-state index contributed by atoms with van der Waals surface area (Å²) in [5.74, 6) is 0.526. The van der Waals surface area contributed by atoms with Gasteiger partial charge in [0.15, 0.2) is 0 Å². The summed E-state index contributed by atoms with van der Waals surface area (Å²) in [4.78, 5) is 17.9. The minimum absolute atomic E-state index is 0.218. The Morgan fingerprint density at radius 1 is 0.962 bits per heavy atom. The Hall–Kier alpha value is -2.98. The van der Waals surface area contributed by atoms with Gasteiger partial charge in [-0.2, -0.15) is 0 Å². The average molecular weight is 365 g/mol. The molecule has 0 atom stereocenters. The van der Waals surface area contributed by atoms with Gasteiger partial charge in [-0.05, 0) is 35.9 Å². The van der Waals surface area contributed by atoms with Crippen LogP contribution < -0.4 is 5.56 Å². The first-order chi connectivity index (χ1) is 12.7. The van der Waals surface area contributed by atoms with Gasteiger partial charge in [-0.25, -0.2) is 9.37 Å². The van der Waals surface area contributed by atoms with Crippen molar-refractivity contribution in [3.8, 4) is 17.1 Å². The Morgan fingerprint density at radius 2 is 1.69 bits per heavy atom. The molecule has 26 heavy (non-hydrogen) atoms. The molecule has 0 aliphatic heterocycles. The van der Waals surface area contributed by atoms with E-state index in [0.29, 0.717) is 33.0 Å². The van der Waals surface area contributed by atoms with E-state index >= 15 is 0 Å². The third-order valence-electron chi connectivity index (χ3n) is 4.21. The highest BCUT2D eigenvalue weighted by Gasteiger charge is 2.14. The Bertz CT molecular complexity index is 1140. The van der Waals surface area contributed by atoms with Crippen LogP contribution in [0.1, 0.15) is 5.56 Å². The molecule has 5 heteroatoms. The summed E-state index contributed by atoms with van der Waals surface area (Å²) < 4.78 is 14.4. The highest BCUT2D eigenvalue weighted by molar-refractivity contribution is 6.31. The molecular formula is C21H14ClFN2O. The fraction of sp³-hybridized carbons (Fsp3) is 0.0476. The second-order valence-electron chi connectivity index (χ2n) is 5.90. The minimum atomic E-state index is -0.549. The topological polar surface area (TPSA) is 34.9 Å². The lowest BCUT2D eigenvalue weighted by molar-refractivity contribution is 0.485. The molecule has 0 unspecified atom stereocenters. The normalized spacial score (nSPS) is 11.0. The van der Waals surface area contributed by atoms with E-state index < -0.39 is 6.67 Å². The summed E-state index contributed by atoms with van der Waals surface area (Å²) in [6.45, 7) is -0.549. The van der Waals surface area contributed by atoms with E-state index in [1.807, 2.05) is 30.3 Å². The van der Waals surface area contributed by atoms with E-state index in [-0.39, 0.29) is 5.56 Å². The summed E-state index contributed by atoms with van der Waals surface area (Å²) in [5.41, 5.74) is 2.36. The second-order valence-corrected chi connectivity index (χ2v) is 6.34. The number of hydrogen-bond acceptors (Lipinski definition) is 2. The van der Waals surface area contributed by atoms with Gasteiger partial charge in [0, 0.05) is 10.6 Å². The predicted molar refractivity (Wildman–Crippen MR) is 103 cm³/mol. The maximum absolute atomic E-state index is 13.2. The molecule has 0 aliphatic rings. The van der Waals surface area contributed by atoms with Gasteiger partial charge in [0.05, 0.1) is 16.6 Å². The number of aromatic nitrogens is 2. The molecule has 4 aromatic rings. The second kappa shape index (κ2) is 6.73. The summed E-state index contributed by atoms with van der Waals surface area (Å²) in [6.07, 6.45) is 0. The number of halogens is 2. The van der Waals surface area contributed by atoms with Crippen molar-refractivity contribution < 1.29 is 4.39 Å². The Kier molecular flexibility index (Phi) is 4.27. The van der Waals surface area contributed by atoms with Crippen LogP contribution in [-0.4, -0.2) is 9.55 Å². The van der Waals surface area contributed by atoms with E-state index in [0.717, 1.165) is 5.56 Å². The van der Waals surface area contributed by atoms with Crippen molar-refractivity contribution in [3.63, 3.8) is 0 Å². The first-order valence-electron chi connectivity index (χ1n) is 8.10. The quantitative estimate of drug-likeness (QED) is 0.502. The van der Waals surface area contributed by atoms with Crippen LogP contribution in [0.3, 0.4) is 0 Å². The van der Waals surface area contributed by atoms with Crippen LogP contribution in [-0.2, 0) is 6.67 Å². The average Bonchev–Trinajstić information content (AvgIpc) is 2.69. The maximum Gasteiger partial charge on any atom is 0.266 e. The Morgan fingerprint density at radius 3 is 2.38 bits per heavy atom. The van der Waals surface area contributed by atoms with Crippen LogP contribution in [0.25, 0.3) is 28.0 Å². The lowest BCUT2D eigenvalue weighted by atomic mass is 10.1. The van der Waals surface area contributed by atoms with Crippen molar-refractivity contribution in [1.29, 1.82) is 0 Å². The molecule has 0 N–H and O–H groups in total. The van der Waals surface area contributed by atoms with Crippen molar-refractivity contribution in [2.45, 2.75) is 6.67 Å². The van der Waals surface area contributed by atoms with E-state index in [2.05, 4.69) is 0 Å². The fourth-order valence-electron chi connectivity index (χ4n) is 2.91. The molecule has 128 valence electrons. The zero-order chi connectivity index (χ0) is 18.1. The van der Waals surface area contributed by atoms with E-state index in [4.69, 9.17) is 16.6 Å². The highest BCUT2D eigenvalue weighted by Crippen LogP contribution is 2.23. The standard InChI is InChI=1S/C21H14ClFN2O/c22-16-8-11-19-18(12-16)21(26)25(17-9-6-14(13-23)7-10-17)20(24-19)15-4-2-1-3-5-15/h1-12H,13H2. The van der Waals surface area contributed by atoms with Gasteiger partial charge in [0.2, 0.25) is 0 Å². The summed E-state index contributed by atoms with van der Waals surface area (Å²) in [7, 11) is 0. The van der Waals surface area contributed by atoms with Gasteiger partial charge in [0.25, 0.3) is 5.56 Å². The number of fused-ring (bicyclic) bond motifs is 1. The van der Waals surface area contributed by atoms with Gasteiger partial charge in [0.1, 0.15) is 12.5 Å². The molecular weight excluding hydrogens is 351 g/mol. The van der Waals surface area contributed by atoms with E-state index in [9.17, 15) is 9.18 Å². The van der Waals surface area contributed by atoms with E-state index in [1.54, 1.807) is 42.5 Å². The van der Waals surface area contributed by atoms with Gasteiger partial charge in [-0.1, -0.05) is 54.1 Å². The highest BCUT2D eigenvalue weighted by atomic mass is 35.5. The monoisotopic (exact) mass is 364 g/mol. The minimum Gasteiger partial charge on any atom is -0.268 e.